The zero-order valence-corrected chi connectivity index (χ0v) is 18.4. The van der Waals surface area contributed by atoms with Crippen molar-refractivity contribution in [3.05, 3.63) is 64.2 Å². The van der Waals surface area contributed by atoms with Crippen molar-refractivity contribution in [3.8, 4) is 0 Å². The molecule has 0 N–H and O–H groups in total. The third-order valence-corrected chi connectivity index (χ3v) is 7.99. The Labute approximate surface area is 182 Å². The summed E-state index contributed by atoms with van der Waals surface area (Å²) in [6, 6.07) is 14.0. The van der Waals surface area contributed by atoms with E-state index in [1.54, 1.807) is 6.07 Å². The third-order valence-electron chi connectivity index (χ3n) is 6.10. The summed E-state index contributed by atoms with van der Waals surface area (Å²) in [5, 5.41) is 11.9. The van der Waals surface area contributed by atoms with Gasteiger partial charge in [0, 0.05) is 25.7 Å². The van der Waals surface area contributed by atoms with E-state index >= 15 is 0 Å². The van der Waals surface area contributed by atoms with Gasteiger partial charge in [0.05, 0.1) is 23.0 Å². The number of ether oxygens (including phenoxy) is 1. The first-order valence-electron chi connectivity index (χ1n) is 10.5. The van der Waals surface area contributed by atoms with E-state index in [2.05, 4.69) is 0 Å². The molecule has 2 aliphatic rings. The van der Waals surface area contributed by atoms with Crippen molar-refractivity contribution in [1.29, 1.82) is 0 Å². The van der Waals surface area contributed by atoms with Crippen LogP contribution < -0.4 is 4.90 Å². The molecule has 2 heterocycles. The summed E-state index contributed by atoms with van der Waals surface area (Å²) in [4.78, 5) is 13.3. The molecule has 1 unspecified atom stereocenters. The number of nitro groups is 1. The number of nitro benzene ring substituents is 1. The lowest BCUT2D eigenvalue weighted by atomic mass is 9.93. The van der Waals surface area contributed by atoms with Crippen LogP contribution in [-0.4, -0.2) is 50.4 Å². The molecule has 31 heavy (non-hydrogen) atoms. The Morgan fingerprint density at radius 1 is 1.03 bits per heavy atom. The van der Waals surface area contributed by atoms with Crippen LogP contribution in [0.5, 0.6) is 0 Å². The van der Waals surface area contributed by atoms with E-state index in [-0.39, 0.29) is 10.6 Å². The third kappa shape index (κ3) is 4.30. The number of anilines is 1. The summed E-state index contributed by atoms with van der Waals surface area (Å²) in [5.74, 6) is 0. The normalized spacial score (nSPS) is 22.9. The van der Waals surface area contributed by atoms with Gasteiger partial charge < -0.3 is 9.64 Å². The van der Waals surface area contributed by atoms with Crippen LogP contribution in [-0.2, 0) is 20.4 Å². The maximum Gasteiger partial charge on any atom is 0.293 e. The maximum atomic E-state index is 13.0. The Hall–Kier alpha value is -2.49. The number of nitrogens with zero attached hydrogens (tertiary/aromatic N) is 3. The van der Waals surface area contributed by atoms with Crippen LogP contribution >= 0.6 is 0 Å². The van der Waals surface area contributed by atoms with Crippen molar-refractivity contribution in [1.82, 2.24) is 4.31 Å². The molecule has 0 aromatic heterocycles. The number of sulfonamides is 1. The van der Waals surface area contributed by atoms with Crippen LogP contribution in [0.25, 0.3) is 0 Å². The summed E-state index contributed by atoms with van der Waals surface area (Å²) in [6.07, 6.45) is 2.62. The lowest BCUT2D eigenvalue weighted by molar-refractivity contribution is -0.384. The molecule has 2 fully saturated rings. The number of benzene rings is 2. The van der Waals surface area contributed by atoms with E-state index in [1.807, 2.05) is 42.2 Å². The smallest absolute Gasteiger partial charge is 0.293 e. The highest BCUT2D eigenvalue weighted by Crippen LogP contribution is 2.37. The van der Waals surface area contributed by atoms with E-state index in [1.165, 1.54) is 16.4 Å². The second-order valence-electron chi connectivity index (χ2n) is 8.24. The molecule has 2 aromatic rings. The van der Waals surface area contributed by atoms with Gasteiger partial charge in [-0.1, -0.05) is 36.8 Å². The molecular weight excluding hydrogens is 418 g/mol. The summed E-state index contributed by atoms with van der Waals surface area (Å²) < 4.78 is 33.5. The second kappa shape index (κ2) is 8.57. The maximum absolute atomic E-state index is 13.0. The van der Waals surface area contributed by atoms with E-state index in [4.69, 9.17) is 4.74 Å². The Kier molecular flexibility index (Phi) is 6.00. The zero-order chi connectivity index (χ0) is 22.1. The van der Waals surface area contributed by atoms with Gasteiger partial charge >= 0.3 is 0 Å². The topological polar surface area (TPSA) is 93.0 Å². The van der Waals surface area contributed by atoms with E-state index in [0.717, 1.165) is 24.8 Å². The molecule has 2 saturated heterocycles. The predicted octanol–water partition coefficient (Wildman–Crippen LogP) is 3.52. The van der Waals surface area contributed by atoms with Gasteiger partial charge in [0.1, 0.15) is 11.3 Å². The molecule has 0 aliphatic carbocycles. The van der Waals surface area contributed by atoms with Crippen molar-refractivity contribution in [3.63, 3.8) is 0 Å². The molecule has 0 saturated carbocycles. The molecule has 1 atom stereocenters. The molecule has 0 spiro atoms. The Balaban J connectivity index is 1.66. The van der Waals surface area contributed by atoms with Gasteiger partial charge in [-0.05, 0) is 37.5 Å². The lowest BCUT2D eigenvalue weighted by Crippen LogP contribution is -2.48. The molecule has 8 nitrogen and oxygen atoms in total. The van der Waals surface area contributed by atoms with Gasteiger partial charge in [0.25, 0.3) is 5.69 Å². The molecular formula is C22H27N3O5S. The molecule has 4 rings (SSSR count). The van der Waals surface area contributed by atoms with Crippen LogP contribution in [0.1, 0.15) is 31.7 Å². The van der Waals surface area contributed by atoms with Crippen LogP contribution in [0, 0.1) is 10.1 Å². The minimum absolute atomic E-state index is 0.0241. The van der Waals surface area contributed by atoms with Gasteiger partial charge in [-0.25, -0.2) is 8.42 Å². The first kappa shape index (κ1) is 21.7. The van der Waals surface area contributed by atoms with Crippen LogP contribution in [0.15, 0.2) is 53.4 Å². The highest BCUT2D eigenvalue weighted by atomic mass is 32.2. The molecule has 0 amide bonds. The summed E-state index contributed by atoms with van der Waals surface area (Å²) in [6.45, 7) is 4.21. The monoisotopic (exact) mass is 445 g/mol. The molecule has 9 heteroatoms. The van der Waals surface area contributed by atoms with Crippen LogP contribution in [0.2, 0.25) is 0 Å². The fraction of sp³-hybridized carbons (Fsp3) is 0.455. The molecule has 166 valence electrons. The highest BCUT2D eigenvalue weighted by Gasteiger charge is 2.37. The number of rotatable bonds is 5. The van der Waals surface area contributed by atoms with Gasteiger partial charge in [-0.2, -0.15) is 4.31 Å². The molecule has 0 bridgehead atoms. The second-order valence-corrected chi connectivity index (χ2v) is 10.2. The van der Waals surface area contributed by atoms with Crippen molar-refractivity contribution >= 4 is 21.4 Å². The summed E-state index contributed by atoms with van der Waals surface area (Å²) in [5.41, 5.74) is 0.585. The van der Waals surface area contributed by atoms with E-state index in [0.29, 0.717) is 38.5 Å². The van der Waals surface area contributed by atoms with Crippen molar-refractivity contribution in [2.75, 3.05) is 37.7 Å². The minimum atomic E-state index is -3.75. The highest BCUT2D eigenvalue weighted by molar-refractivity contribution is 7.89. The average molecular weight is 446 g/mol. The minimum Gasteiger partial charge on any atom is -0.367 e. The Morgan fingerprint density at radius 3 is 2.42 bits per heavy atom. The lowest BCUT2D eigenvalue weighted by Gasteiger charge is -2.41. The largest absolute Gasteiger partial charge is 0.367 e. The fourth-order valence-electron chi connectivity index (χ4n) is 4.37. The number of hydrogen-bond acceptors (Lipinski definition) is 6. The SMILES string of the molecule is CC1(c2ccccc2)CN(c2ccc(S(=O)(=O)N3CCCCC3)cc2[N+](=O)[O-])CCO1. The first-order valence-corrected chi connectivity index (χ1v) is 12.0. The molecule has 2 aromatic carbocycles. The average Bonchev–Trinajstić information content (AvgIpc) is 2.80. The van der Waals surface area contributed by atoms with Gasteiger partial charge in [0.15, 0.2) is 0 Å². The van der Waals surface area contributed by atoms with Gasteiger partial charge in [-0.3, -0.25) is 10.1 Å². The van der Waals surface area contributed by atoms with E-state index < -0.39 is 20.5 Å². The number of hydrogen-bond donors (Lipinski definition) is 0. The van der Waals surface area contributed by atoms with Crippen LogP contribution in [0.4, 0.5) is 11.4 Å². The van der Waals surface area contributed by atoms with Crippen molar-refractivity contribution in [2.45, 2.75) is 36.7 Å². The Morgan fingerprint density at radius 2 is 1.74 bits per heavy atom. The molecule has 2 aliphatic heterocycles. The Bertz CT molecular complexity index is 1050. The van der Waals surface area contributed by atoms with Gasteiger partial charge in [-0.15, -0.1) is 0 Å². The molecule has 0 radical (unpaired) electrons. The van der Waals surface area contributed by atoms with E-state index in [9.17, 15) is 18.5 Å². The number of morpholine rings is 1. The fourth-order valence-corrected chi connectivity index (χ4v) is 5.91. The number of piperidine rings is 1. The quantitative estimate of drug-likeness (QED) is 0.516. The first-order chi connectivity index (χ1) is 14.8. The van der Waals surface area contributed by atoms with Crippen molar-refractivity contribution < 1.29 is 18.1 Å². The zero-order valence-electron chi connectivity index (χ0n) is 17.6. The predicted molar refractivity (Wildman–Crippen MR) is 118 cm³/mol. The van der Waals surface area contributed by atoms with Crippen LogP contribution in [0.3, 0.4) is 0 Å². The van der Waals surface area contributed by atoms with Gasteiger partial charge in [0.2, 0.25) is 10.0 Å². The van der Waals surface area contributed by atoms with Crippen molar-refractivity contribution in [2.24, 2.45) is 0 Å². The summed E-state index contributed by atoms with van der Waals surface area (Å²) >= 11 is 0. The summed E-state index contributed by atoms with van der Waals surface area (Å²) in [7, 11) is -3.75. The standard InChI is InChI=1S/C22H27N3O5S/c1-22(18-8-4-2-5-9-18)17-23(14-15-30-22)20-11-10-19(16-21(20)25(26)27)31(28,29)24-12-6-3-7-13-24/h2,4-5,8-11,16H,3,6-7,12-15,17H2,1H3.